The van der Waals surface area contributed by atoms with Crippen LogP contribution in [0.25, 0.3) is 0 Å². The fourth-order valence-corrected chi connectivity index (χ4v) is 2.31. The number of hydrogen-bond donors (Lipinski definition) is 0. The molecule has 0 N–H and O–H groups in total. The molecule has 1 saturated carbocycles. The minimum atomic E-state index is -0.280. The highest BCUT2D eigenvalue weighted by molar-refractivity contribution is 5.81. The van der Waals surface area contributed by atoms with Crippen molar-refractivity contribution in [2.24, 2.45) is 5.92 Å². The van der Waals surface area contributed by atoms with Crippen LogP contribution in [-0.2, 0) is 20.7 Å². The molecule has 2 rings (SSSR count). The van der Waals surface area contributed by atoms with E-state index in [1.165, 1.54) is 7.11 Å². The van der Waals surface area contributed by atoms with E-state index in [9.17, 15) is 9.59 Å². The molecule has 1 aliphatic carbocycles. The summed E-state index contributed by atoms with van der Waals surface area (Å²) in [5.74, 6) is 0.865. The zero-order valence-electron chi connectivity index (χ0n) is 13.2. The number of rotatable bonds is 8. The molecule has 1 fully saturated rings. The predicted octanol–water partition coefficient (Wildman–Crippen LogP) is 2.04. The Kier molecular flexibility index (Phi) is 5.81. The summed E-state index contributed by atoms with van der Waals surface area (Å²) in [7, 11) is 3.00. The molecule has 0 bridgehead atoms. The summed E-state index contributed by atoms with van der Waals surface area (Å²) in [5, 5.41) is 0. The molecule has 0 heterocycles. The van der Waals surface area contributed by atoms with E-state index in [4.69, 9.17) is 4.74 Å². The Bertz CT molecular complexity index is 508. The number of carbonyl (C=O) groups excluding carboxylic acids is 2. The van der Waals surface area contributed by atoms with Crippen LogP contribution in [0.5, 0.6) is 5.75 Å². The number of nitrogens with zero attached hydrogens (tertiary/aromatic N) is 1. The number of ether oxygens (including phenoxy) is 2. The lowest BCUT2D eigenvalue weighted by molar-refractivity contribution is -0.142. The van der Waals surface area contributed by atoms with Crippen LogP contribution < -0.4 is 4.74 Å². The van der Waals surface area contributed by atoms with Gasteiger partial charge in [-0.3, -0.25) is 9.59 Å². The number of hydrogen-bond acceptors (Lipinski definition) is 4. The summed E-state index contributed by atoms with van der Waals surface area (Å²) in [6.45, 7) is 1.05. The van der Waals surface area contributed by atoms with Gasteiger partial charge in [-0.25, -0.2) is 0 Å². The third-order valence-corrected chi connectivity index (χ3v) is 3.88. The Balaban J connectivity index is 1.89. The molecule has 5 heteroatoms. The lowest BCUT2D eigenvalue weighted by Crippen LogP contribution is -2.36. The van der Waals surface area contributed by atoms with Crippen LogP contribution in [0.15, 0.2) is 24.3 Å². The van der Waals surface area contributed by atoms with E-state index in [1.54, 1.807) is 12.0 Å². The van der Waals surface area contributed by atoms with E-state index in [1.807, 2.05) is 24.3 Å². The van der Waals surface area contributed by atoms with Crippen molar-refractivity contribution in [1.82, 2.24) is 4.90 Å². The van der Waals surface area contributed by atoms with Crippen molar-refractivity contribution in [2.75, 3.05) is 27.3 Å². The van der Waals surface area contributed by atoms with Crippen molar-refractivity contribution in [1.29, 1.82) is 0 Å². The molecule has 0 atom stereocenters. The molecular formula is C17H23NO4. The van der Waals surface area contributed by atoms with Crippen molar-refractivity contribution < 1.29 is 19.1 Å². The summed E-state index contributed by atoms with van der Waals surface area (Å²) in [6.07, 6.45) is 2.95. The standard InChI is InChI=1S/C17H23NO4/c1-21-15-7-3-13(4-8-15)9-11-18(12-10-16(19)22-2)17(20)14-5-6-14/h3-4,7-8,14H,5-6,9-12H2,1-2H3. The fourth-order valence-electron chi connectivity index (χ4n) is 2.31. The van der Waals surface area contributed by atoms with Crippen molar-refractivity contribution in [3.05, 3.63) is 29.8 Å². The van der Waals surface area contributed by atoms with Gasteiger partial charge in [0.1, 0.15) is 5.75 Å². The molecule has 0 aliphatic heterocycles. The number of amides is 1. The summed E-state index contributed by atoms with van der Waals surface area (Å²) < 4.78 is 9.79. The van der Waals surface area contributed by atoms with Gasteiger partial charge >= 0.3 is 5.97 Å². The first-order chi connectivity index (χ1) is 10.6. The van der Waals surface area contributed by atoms with Crippen LogP contribution in [0.2, 0.25) is 0 Å². The summed E-state index contributed by atoms with van der Waals surface area (Å²) in [4.78, 5) is 25.4. The van der Waals surface area contributed by atoms with Gasteiger partial charge in [-0.2, -0.15) is 0 Å². The Labute approximate surface area is 131 Å². The van der Waals surface area contributed by atoms with E-state index in [0.29, 0.717) is 13.1 Å². The van der Waals surface area contributed by atoms with Gasteiger partial charge in [0.25, 0.3) is 0 Å². The quantitative estimate of drug-likeness (QED) is 0.690. The molecule has 0 spiro atoms. The minimum absolute atomic E-state index is 0.161. The van der Waals surface area contributed by atoms with E-state index in [2.05, 4.69) is 4.74 Å². The first-order valence-electron chi connectivity index (χ1n) is 7.62. The summed E-state index contributed by atoms with van der Waals surface area (Å²) >= 11 is 0. The van der Waals surface area contributed by atoms with Crippen molar-refractivity contribution in [2.45, 2.75) is 25.7 Å². The molecule has 22 heavy (non-hydrogen) atoms. The molecule has 1 aliphatic rings. The number of carbonyl (C=O) groups is 2. The molecule has 1 amide bonds. The first-order valence-corrected chi connectivity index (χ1v) is 7.62. The second kappa shape index (κ2) is 7.82. The maximum atomic E-state index is 12.3. The second-order valence-corrected chi connectivity index (χ2v) is 5.52. The van der Waals surface area contributed by atoms with Crippen LogP contribution in [0.3, 0.4) is 0 Å². The number of benzene rings is 1. The number of methoxy groups -OCH3 is 2. The van der Waals surface area contributed by atoms with Crippen LogP contribution in [0, 0.1) is 5.92 Å². The zero-order chi connectivity index (χ0) is 15.9. The maximum Gasteiger partial charge on any atom is 0.307 e. The van der Waals surface area contributed by atoms with Gasteiger partial charge in [0, 0.05) is 19.0 Å². The highest BCUT2D eigenvalue weighted by Crippen LogP contribution is 2.31. The summed E-state index contributed by atoms with van der Waals surface area (Å²) in [6, 6.07) is 7.82. The van der Waals surface area contributed by atoms with Gasteiger partial charge in [-0.05, 0) is 37.0 Å². The molecular weight excluding hydrogens is 282 g/mol. The third-order valence-electron chi connectivity index (χ3n) is 3.88. The number of esters is 1. The molecule has 1 aromatic carbocycles. The maximum absolute atomic E-state index is 12.3. The zero-order valence-corrected chi connectivity index (χ0v) is 13.2. The van der Waals surface area contributed by atoms with Gasteiger partial charge in [-0.15, -0.1) is 0 Å². The third kappa shape index (κ3) is 4.76. The van der Waals surface area contributed by atoms with Crippen LogP contribution in [-0.4, -0.2) is 44.1 Å². The molecule has 120 valence electrons. The normalized spacial score (nSPS) is 13.5. The van der Waals surface area contributed by atoms with Gasteiger partial charge in [0.05, 0.1) is 20.6 Å². The van der Waals surface area contributed by atoms with E-state index in [-0.39, 0.29) is 24.2 Å². The Morgan fingerprint density at radius 2 is 1.82 bits per heavy atom. The molecule has 0 aromatic heterocycles. The van der Waals surface area contributed by atoms with Crippen LogP contribution >= 0.6 is 0 Å². The average molecular weight is 305 g/mol. The van der Waals surface area contributed by atoms with E-state index < -0.39 is 0 Å². The van der Waals surface area contributed by atoms with E-state index >= 15 is 0 Å². The lowest BCUT2D eigenvalue weighted by Gasteiger charge is -2.22. The van der Waals surface area contributed by atoms with E-state index in [0.717, 1.165) is 30.6 Å². The topological polar surface area (TPSA) is 55.8 Å². The molecule has 1 aromatic rings. The first kappa shape index (κ1) is 16.3. The lowest BCUT2D eigenvalue weighted by atomic mass is 10.1. The van der Waals surface area contributed by atoms with Gasteiger partial charge in [0.15, 0.2) is 0 Å². The van der Waals surface area contributed by atoms with Gasteiger partial charge in [0.2, 0.25) is 5.91 Å². The Morgan fingerprint density at radius 3 is 2.36 bits per heavy atom. The Hall–Kier alpha value is -2.04. The second-order valence-electron chi connectivity index (χ2n) is 5.52. The van der Waals surface area contributed by atoms with Gasteiger partial charge in [-0.1, -0.05) is 12.1 Å². The van der Waals surface area contributed by atoms with Gasteiger partial charge < -0.3 is 14.4 Å². The van der Waals surface area contributed by atoms with Crippen LogP contribution in [0.1, 0.15) is 24.8 Å². The molecule has 0 radical (unpaired) electrons. The molecule has 0 unspecified atom stereocenters. The Morgan fingerprint density at radius 1 is 1.14 bits per heavy atom. The largest absolute Gasteiger partial charge is 0.497 e. The summed E-state index contributed by atoms with van der Waals surface area (Å²) in [5.41, 5.74) is 1.15. The molecule has 5 nitrogen and oxygen atoms in total. The smallest absolute Gasteiger partial charge is 0.307 e. The monoisotopic (exact) mass is 305 g/mol. The SMILES string of the molecule is COC(=O)CCN(CCc1ccc(OC)cc1)C(=O)C1CC1. The highest BCUT2D eigenvalue weighted by Gasteiger charge is 2.33. The van der Waals surface area contributed by atoms with Crippen molar-refractivity contribution in [3.63, 3.8) is 0 Å². The fraction of sp³-hybridized carbons (Fsp3) is 0.529. The average Bonchev–Trinajstić information content (AvgIpc) is 3.39. The van der Waals surface area contributed by atoms with Crippen molar-refractivity contribution >= 4 is 11.9 Å². The highest BCUT2D eigenvalue weighted by atomic mass is 16.5. The molecule has 0 saturated heterocycles. The predicted molar refractivity (Wildman–Crippen MR) is 82.6 cm³/mol. The minimum Gasteiger partial charge on any atom is -0.497 e. The van der Waals surface area contributed by atoms with Crippen LogP contribution in [0.4, 0.5) is 0 Å². The van der Waals surface area contributed by atoms with Crippen molar-refractivity contribution in [3.8, 4) is 5.75 Å².